The summed E-state index contributed by atoms with van der Waals surface area (Å²) in [4.78, 5) is 24.0. The molecule has 0 aliphatic rings. The molecule has 2 N–H and O–H groups in total. The monoisotopic (exact) mass is 338 g/mol. The fourth-order valence-corrected chi connectivity index (χ4v) is 3.53. The summed E-state index contributed by atoms with van der Waals surface area (Å²) in [7, 11) is -2.03. The highest BCUT2D eigenvalue weighted by molar-refractivity contribution is 7.90. The molecule has 2 aromatic rings. The van der Waals surface area contributed by atoms with E-state index in [0.29, 0.717) is 10.6 Å². The summed E-state index contributed by atoms with van der Waals surface area (Å²) in [6.07, 6.45) is 1.04. The molecule has 0 spiro atoms. The van der Waals surface area contributed by atoms with E-state index < -0.39 is 15.7 Å². The molecule has 1 aromatic heterocycles. The van der Waals surface area contributed by atoms with Crippen molar-refractivity contribution in [1.29, 1.82) is 0 Å². The topological polar surface area (TPSA) is 92.3 Å². The molecular formula is C14H14N2O4S2. The lowest BCUT2D eigenvalue weighted by atomic mass is 10.2. The van der Waals surface area contributed by atoms with Gasteiger partial charge >= 0.3 is 0 Å². The lowest BCUT2D eigenvalue weighted by molar-refractivity contribution is 0.0964. The molecule has 0 radical (unpaired) electrons. The Bertz CT molecular complexity index is 825. The van der Waals surface area contributed by atoms with E-state index in [1.54, 1.807) is 23.6 Å². The van der Waals surface area contributed by atoms with Crippen LogP contribution < -0.4 is 10.6 Å². The molecule has 1 heterocycles. The molecule has 0 saturated carbocycles. The Balaban J connectivity index is 2.36. The summed E-state index contributed by atoms with van der Waals surface area (Å²) >= 11 is 1.19. The van der Waals surface area contributed by atoms with Gasteiger partial charge < -0.3 is 10.6 Å². The molecule has 2 rings (SSSR count). The lowest BCUT2D eigenvalue weighted by Gasteiger charge is -2.09. The van der Waals surface area contributed by atoms with Crippen LogP contribution in [0.4, 0.5) is 5.00 Å². The molecule has 2 amide bonds. The number of rotatable bonds is 4. The number of carbonyl (C=O) groups excluding carboxylic acids is 2. The van der Waals surface area contributed by atoms with Crippen molar-refractivity contribution in [3.8, 4) is 0 Å². The van der Waals surface area contributed by atoms with E-state index in [-0.39, 0.29) is 16.4 Å². The molecule has 6 nitrogen and oxygen atoms in total. The van der Waals surface area contributed by atoms with Crippen LogP contribution in [-0.2, 0) is 9.84 Å². The van der Waals surface area contributed by atoms with E-state index in [4.69, 9.17) is 0 Å². The number of benzene rings is 1. The van der Waals surface area contributed by atoms with Crippen molar-refractivity contribution in [3.05, 3.63) is 46.8 Å². The number of hydrogen-bond acceptors (Lipinski definition) is 5. The fourth-order valence-electron chi connectivity index (χ4n) is 1.87. The second kappa shape index (κ2) is 6.29. The predicted molar refractivity (Wildman–Crippen MR) is 85.2 cm³/mol. The quantitative estimate of drug-likeness (QED) is 0.888. The van der Waals surface area contributed by atoms with Crippen molar-refractivity contribution in [2.75, 3.05) is 18.6 Å². The number of anilines is 1. The zero-order chi connectivity index (χ0) is 16.3. The smallest absolute Gasteiger partial charge is 0.257 e. The molecule has 0 atom stereocenters. The van der Waals surface area contributed by atoms with Crippen LogP contribution in [0.3, 0.4) is 0 Å². The number of carbonyl (C=O) groups is 2. The summed E-state index contributed by atoms with van der Waals surface area (Å²) in [5.74, 6) is -0.901. The summed E-state index contributed by atoms with van der Waals surface area (Å²) in [5.41, 5.74) is 0.374. The van der Waals surface area contributed by atoms with Gasteiger partial charge in [0.25, 0.3) is 11.8 Å². The highest BCUT2D eigenvalue weighted by Crippen LogP contribution is 2.25. The molecule has 0 aliphatic heterocycles. The van der Waals surface area contributed by atoms with Gasteiger partial charge in [-0.1, -0.05) is 12.1 Å². The predicted octanol–water partition coefficient (Wildman–Crippen LogP) is 1.76. The number of sulfone groups is 1. The zero-order valence-corrected chi connectivity index (χ0v) is 13.5. The Morgan fingerprint density at radius 3 is 2.36 bits per heavy atom. The largest absolute Gasteiger partial charge is 0.355 e. The molecular weight excluding hydrogens is 324 g/mol. The van der Waals surface area contributed by atoms with Crippen LogP contribution in [0.15, 0.2) is 40.6 Å². The van der Waals surface area contributed by atoms with Gasteiger partial charge in [-0.05, 0) is 23.6 Å². The minimum atomic E-state index is -3.53. The van der Waals surface area contributed by atoms with Crippen LogP contribution >= 0.6 is 11.3 Å². The Morgan fingerprint density at radius 2 is 1.73 bits per heavy atom. The van der Waals surface area contributed by atoms with Crippen molar-refractivity contribution in [2.24, 2.45) is 0 Å². The van der Waals surface area contributed by atoms with E-state index in [9.17, 15) is 18.0 Å². The molecule has 8 heteroatoms. The first kappa shape index (κ1) is 16.2. The third-order valence-electron chi connectivity index (χ3n) is 2.90. The first-order chi connectivity index (χ1) is 10.3. The van der Waals surface area contributed by atoms with Crippen LogP contribution in [0.25, 0.3) is 0 Å². The maximum absolute atomic E-state index is 12.3. The first-order valence-electron chi connectivity index (χ1n) is 6.24. The van der Waals surface area contributed by atoms with Crippen molar-refractivity contribution in [2.45, 2.75) is 4.90 Å². The second-order valence-electron chi connectivity index (χ2n) is 4.46. The summed E-state index contributed by atoms with van der Waals surface area (Å²) in [6.45, 7) is 0. The SMILES string of the molecule is CNC(=O)c1ccsc1NC(=O)c1ccccc1S(C)(=O)=O. The molecule has 0 bridgehead atoms. The van der Waals surface area contributed by atoms with Crippen LogP contribution in [0.5, 0.6) is 0 Å². The average Bonchev–Trinajstić information content (AvgIpc) is 2.93. The number of amides is 2. The van der Waals surface area contributed by atoms with Crippen LogP contribution in [-0.4, -0.2) is 33.5 Å². The van der Waals surface area contributed by atoms with Crippen LogP contribution in [0, 0.1) is 0 Å². The van der Waals surface area contributed by atoms with Gasteiger partial charge in [0, 0.05) is 13.3 Å². The number of nitrogens with one attached hydrogen (secondary N) is 2. The van der Waals surface area contributed by atoms with Crippen molar-refractivity contribution in [3.63, 3.8) is 0 Å². The highest BCUT2D eigenvalue weighted by atomic mass is 32.2. The number of hydrogen-bond donors (Lipinski definition) is 2. The van der Waals surface area contributed by atoms with Gasteiger partial charge in [0.2, 0.25) is 0 Å². The second-order valence-corrected chi connectivity index (χ2v) is 7.37. The Hall–Kier alpha value is -2.19. The summed E-state index contributed by atoms with van der Waals surface area (Å²) in [6, 6.07) is 7.52. The first-order valence-corrected chi connectivity index (χ1v) is 9.01. The van der Waals surface area contributed by atoms with E-state index in [0.717, 1.165) is 6.26 Å². The Labute approximate surface area is 132 Å². The van der Waals surface area contributed by atoms with E-state index >= 15 is 0 Å². The van der Waals surface area contributed by atoms with Gasteiger partial charge in [0.1, 0.15) is 5.00 Å². The van der Waals surface area contributed by atoms with Crippen molar-refractivity contribution in [1.82, 2.24) is 5.32 Å². The van der Waals surface area contributed by atoms with Gasteiger partial charge in [-0.3, -0.25) is 9.59 Å². The molecule has 116 valence electrons. The molecule has 22 heavy (non-hydrogen) atoms. The third-order valence-corrected chi connectivity index (χ3v) is 4.88. The third kappa shape index (κ3) is 3.34. The number of thiophene rings is 1. The molecule has 0 fully saturated rings. The molecule has 0 saturated heterocycles. The molecule has 0 aliphatic carbocycles. The Kier molecular flexibility index (Phi) is 4.62. The highest BCUT2D eigenvalue weighted by Gasteiger charge is 2.20. The minimum absolute atomic E-state index is 0.0428. The molecule has 0 unspecified atom stereocenters. The Morgan fingerprint density at radius 1 is 1.05 bits per heavy atom. The maximum atomic E-state index is 12.3. The zero-order valence-electron chi connectivity index (χ0n) is 11.9. The van der Waals surface area contributed by atoms with Gasteiger partial charge in [0.15, 0.2) is 9.84 Å². The average molecular weight is 338 g/mol. The van der Waals surface area contributed by atoms with Crippen molar-refractivity contribution >= 4 is 38.0 Å². The summed E-state index contributed by atoms with van der Waals surface area (Å²) in [5, 5.41) is 7.10. The van der Waals surface area contributed by atoms with Gasteiger partial charge in [-0.15, -0.1) is 11.3 Å². The van der Waals surface area contributed by atoms with E-state index in [1.807, 2.05) is 0 Å². The van der Waals surface area contributed by atoms with Gasteiger partial charge in [0.05, 0.1) is 16.0 Å². The summed E-state index contributed by atoms with van der Waals surface area (Å²) < 4.78 is 23.5. The molecule has 1 aromatic carbocycles. The standard InChI is InChI=1S/C14H14N2O4S2/c1-15-12(17)10-7-8-21-14(10)16-13(18)9-5-3-4-6-11(9)22(2,19)20/h3-8H,1-2H3,(H,15,17)(H,16,18). The van der Waals surface area contributed by atoms with Crippen LogP contribution in [0.1, 0.15) is 20.7 Å². The van der Waals surface area contributed by atoms with E-state index in [2.05, 4.69) is 10.6 Å². The van der Waals surface area contributed by atoms with Gasteiger partial charge in [-0.2, -0.15) is 0 Å². The van der Waals surface area contributed by atoms with Crippen molar-refractivity contribution < 1.29 is 18.0 Å². The minimum Gasteiger partial charge on any atom is -0.355 e. The van der Waals surface area contributed by atoms with Crippen LogP contribution in [0.2, 0.25) is 0 Å². The van der Waals surface area contributed by atoms with E-state index in [1.165, 1.54) is 30.5 Å². The van der Waals surface area contributed by atoms with Gasteiger partial charge in [-0.25, -0.2) is 8.42 Å². The maximum Gasteiger partial charge on any atom is 0.257 e. The fraction of sp³-hybridized carbons (Fsp3) is 0.143. The normalized spacial score (nSPS) is 11.0. The lowest BCUT2D eigenvalue weighted by Crippen LogP contribution is -2.21.